The van der Waals surface area contributed by atoms with E-state index < -0.39 is 46.9 Å². The van der Waals surface area contributed by atoms with Gasteiger partial charge in [0.05, 0.1) is 0 Å². The van der Waals surface area contributed by atoms with Crippen molar-refractivity contribution in [2.75, 3.05) is 0 Å². The Morgan fingerprint density at radius 1 is 1.00 bits per heavy atom. The minimum absolute atomic E-state index is 0.102. The summed E-state index contributed by atoms with van der Waals surface area (Å²) < 4.78 is 71.5. The molecule has 1 fully saturated rings. The smallest absolute Gasteiger partial charge is 0.157 e. The molecule has 3 rings (SSSR count). The Bertz CT molecular complexity index is 750. The van der Waals surface area contributed by atoms with Crippen molar-refractivity contribution in [2.45, 2.75) is 76.3 Å². The lowest BCUT2D eigenvalue weighted by Crippen LogP contribution is -2.30. The molecular formula is C23H27F5. The van der Waals surface area contributed by atoms with Gasteiger partial charge >= 0.3 is 0 Å². The van der Waals surface area contributed by atoms with Crippen LogP contribution in [-0.2, 0) is 0 Å². The quantitative estimate of drug-likeness (QED) is 0.441. The summed E-state index contributed by atoms with van der Waals surface area (Å²) in [5, 5.41) is 0. The molecule has 154 valence electrons. The summed E-state index contributed by atoms with van der Waals surface area (Å²) in [6.07, 6.45) is 7.03. The average molecular weight is 398 g/mol. The molecule has 0 saturated heterocycles. The van der Waals surface area contributed by atoms with E-state index in [4.69, 9.17) is 0 Å². The summed E-state index contributed by atoms with van der Waals surface area (Å²) in [6, 6.07) is 2.59. The molecule has 1 aromatic carbocycles. The Labute approximate surface area is 163 Å². The number of allylic oxidation sites excluding steroid dienone is 4. The Kier molecular flexibility index (Phi) is 6.31. The fraction of sp³-hybridized carbons (Fsp3) is 0.565. The van der Waals surface area contributed by atoms with Crippen molar-refractivity contribution in [1.29, 1.82) is 0 Å². The van der Waals surface area contributed by atoms with Crippen molar-refractivity contribution < 1.29 is 22.0 Å². The van der Waals surface area contributed by atoms with Gasteiger partial charge in [-0.3, -0.25) is 0 Å². The Balaban J connectivity index is 1.81. The highest BCUT2D eigenvalue weighted by Gasteiger charge is 2.40. The molecule has 2 atom stereocenters. The standard InChI is InChI=1S/C23H27F5/c1-3-4-15-5-7-16(8-6-15)17-11-19(25)22(20(26)12-17)14(2)23(28)10-9-18(24)21(27)13-23/h9,11-16H,3-8,10H2,1-2H3. The molecule has 0 radical (unpaired) electrons. The lowest BCUT2D eigenvalue weighted by molar-refractivity contribution is 0.181. The van der Waals surface area contributed by atoms with Gasteiger partial charge in [-0.1, -0.05) is 26.7 Å². The molecular weight excluding hydrogens is 371 g/mol. The summed E-state index contributed by atoms with van der Waals surface area (Å²) in [5.41, 5.74) is -2.18. The van der Waals surface area contributed by atoms with Crippen LogP contribution in [0.3, 0.4) is 0 Å². The van der Waals surface area contributed by atoms with Gasteiger partial charge in [-0.15, -0.1) is 0 Å². The minimum atomic E-state index is -2.37. The third-order valence-corrected chi connectivity index (χ3v) is 6.46. The normalized spacial score (nSPS) is 29.2. The first-order valence-corrected chi connectivity index (χ1v) is 10.2. The van der Waals surface area contributed by atoms with Gasteiger partial charge in [0.1, 0.15) is 17.3 Å². The summed E-state index contributed by atoms with van der Waals surface area (Å²) in [6.45, 7) is 3.46. The fourth-order valence-electron chi connectivity index (χ4n) is 4.67. The second kappa shape index (κ2) is 8.38. The van der Waals surface area contributed by atoms with Gasteiger partial charge in [0.2, 0.25) is 0 Å². The van der Waals surface area contributed by atoms with E-state index in [-0.39, 0.29) is 5.92 Å². The van der Waals surface area contributed by atoms with Crippen LogP contribution in [0.5, 0.6) is 0 Å². The zero-order chi connectivity index (χ0) is 20.5. The zero-order valence-electron chi connectivity index (χ0n) is 16.4. The van der Waals surface area contributed by atoms with Crippen molar-refractivity contribution in [3.63, 3.8) is 0 Å². The molecule has 2 aliphatic rings. The lowest BCUT2D eigenvalue weighted by atomic mass is 9.76. The Morgan fingerprint density at radius 3 is 2.14 bits per heavy atom. The summed E-state index contributed by atoms with van der Waals surface area (Å²) in [5.74, 6) is -4.61. The van der Waals surface area contributed by atoms with E-state index in [1.807, 2.05) is 0 Å². The highest BCUT2D eigenvalue weighted by molar-refractivity contribution is 5.37. The summed E-state index contributed by atoms with van der Waals surface area (Å²) in [4.78, 5) is 0. The molecule has 0 bridgehead atoms. The van der Waals surface area contributed by atoms with Crippen LogP contribution in [0.4, 0.5) is 22.0 Å². The number of hydrogen-bond acceptors (Lipinski definition) is 0. The van der Waals surface area contributed by atoms with Crippen molar-refractivity contribution in [3.05, 3.63) is 58.7 Å². The lowest BCUT2D eigenvalue weighted by Gasteiger charge is -2.32. The molecule has 5 heteroatoms. The van der Waals surface area contributed by atoms with Gasteiger partial charge < -0.3 is 0 Å². The van der Waals surface area contributed by atoms with Gasteiger partial charge in [0.25, 0.3) is 0 Å². The van der Waals surface area contributed by atoms with Crippen LogP contribution in [0.15, 0.2) is 35.9 Å². The van der Waals surface area contributed by atoms with Gasteiger partial charge in [-0.2, -0.15) is 0 Å². The number of alkyl halides is 1. The average Bonchev–Trinajstić information content (AvgIpc) is 2.65. The van der Waals surface area contributed by atoms with E-state index in [1.165, 1.54) is 25.5 Å². The third kappa shape index (κ3) is 4.18. The summed E-state index contributed by atoms with van der Waals surface area (Å²) >= 11 is 0. The molecule has 0 N–H and O–H groups in total. The minimum Gasteiger partial charge on any atom is -0.238 e. The summed E-state index contributed by atoms with van der Waals surface area (Å²) in [7, 11) is 0. The van der Waals surface area contributed by atoms with E-state index in [0.29, 0.717) is 17.6 Å². The molecule has 2 aliphatic carbocycles. The molecule has 1 aromatic rings. The van der Waals surface area contributed by atoms with E-state index in [1.54, 1.807) is 0 Å². The topological polar surface area (TPSA) is 0 Å². The first-order chi connectivity index (χ1) is 13.2. The first kappa shape index (κ1) is 21.1. The fourth-order valence-corrected chi connectivity index (χ4v) is 4.67. The molecule has 0 nitrogen and oxygen atoms in total. The maximum atomic E-state index is 15.1. The molecule has 0 amide bonds. The molecule has 0 heterocycles. The first-order valence-electron chi connectivity index (χ1n) is 10.2. The Morgan fingerprint density at radius 2 is 1.61 bits per heavy atom. The maximum absolute atomic E-state index is 15.1. The van der Waals surface area contributed by atoms with Crippen LogP contribution < -0.4 is 0 Å². The number of rotatable bonds is 5. The van der Waals surface area contributed by atoms with Crippen LogP contribution in [0.1, 0.15) is 81.8 Å². The largest absolute Gasteiger partial charge is 0.238 e. The zero-order valence-corrected chi connectivity index (χ0v) is 16.4. The van der Waals surface area contributed by atoms with Crippen LogP contribution in [0.2, 0.25) is 0 Å². The predicted molar refractivity (Wildman–Crippen MR) is 101 cm³/mol. The van der Waals surface area contributed by atoms with Crippen LogP contribution in [-0.4, -0.2) is 5.67 Å². The number of hydrogen-bond donors (Lipinski definition) is 0. The second-order valence-corrected chi connectivity index (χ2v) is 8.30. The van der Waals surface area contributed by atoms with E-state index in [9.17, 15) is 17.6 Å². The predicted octanol–water partition coefficient (Wildman–Crippen LogP) is 7.96. The third-order valence-electron chi connectivity index (χ3n) is 6.46. The van der Waals surface area contributed by atoms with Gasteiger partial charge in [-0.25, -0.2) is 22.0 Å². The van der Waals surface area contributed by atoms with Crippen molar-refractivity contribution >= 4 is 0 Å². The second-order valence-electron chi connectivity index (χ2n) is 8.30. The molecule has 2 unspecified atom stereocenters. The highest BCUT2D eigenvalue weighted by Crippen LogP contribution is 2.44. The van der Waals surface area contributed by atoms with E-state index in [0.717, 1.165) is 38.2 Å². The molecule has 1 saturated carbocycles. The van der Waals surface area contributed by atoms with E-state index >= 15 is 4.39 Å². The maximum Gasteiger partial charge on any atom is 0.157 e. The highest BCUT2D eigenvalue weighted by atomic mass is 19.2. The van der Waals surface area contributed by atoms with Crippen molar-refractivity contribution in [1.82, 2.24) is 0 Å². The number of benzene rings is 1. The molecule has 0 aromatic heterocycles. The van der Waals surface area contributed by atoms with Crippen LogP contribution in [0.25, 0.3) is 0 Å². The van der Waals surface area contributed by atoms with Gasteiger partial charge in [0, 0.05) is 17.9 Å². The van der Waals surface area contributed by atoms with Gasteiger partial charge in [-0.05, 0) is 67.4 Å². The van der Waals surface area contributed by atoms with Crippen molar-refractivity contribution in [3.8, 4) is 0 Å². The molecule has 0 spiro atoms. The van der Waals surface area contributed by atoms with Crippen molar-refractivity contribution in [2.24, 2.45) is 5.92 Å². The number of halogens is 5. The van der Waals surface area contributed by atoms with Crippen LogP contribution >= 0.6 is 0 Å². The monoisotopic (exact) mass is 398 g/mol. The molecule has 0 aliphatic heterocycles. The van der Waals surface area contributed by atoms with E-state index in [2.05, 4.69) is 6.92 Å². The van der Waals surface area contributed by atoms with Crippen LogP contribution in [0, 0.1) is 17.6 Å². The molecule has 28 heavy (non-hydrogen) atoms. The van der Waals surface area contributed by atoms with Gasteiger partial charge in [0.15, 0.2) is 11.7 Å². The Hall–Kier alpha value is -1.65. The SMILES string of the molecule is CCCC1CCC(c2cc(F)c(C(C)C3(F)C=C(F)C(F)=CC3)c(F)c2)CC1.